The summed E-state index contributed by atoms with van der Waals surface area (Å²) >= 11 is 0. The molecule has 1 saturated heterocycles. The van der Waals surface area contributed by atoms with Crippen LogP contribution in [0.15, 0.2) is 83.8 Å². The van der Waals surface area contributed by atoms with Gasteiger partial charge in [-0.05, 0) is 49.1 Å². The van der Waals surface area contributed by atoms with Crippen molar-refractivity contribution >= 4 is 27.7 Å². The van der Waals surface area contributed by atoms with Crippen LogP contribution in [-0.4, -0.2) is 49.0 Å². The SMILES string of the molecule is CC(=O)c1ccc(C[C@H](NC(=O)[C@@H]2CCCCN2S(=O)(=O)c2cccc(C(F)(F)F)c2)C(=O)OCc2ccccc2)cc1. The second-order valence-corrected chi connectivity index (χ2v) is 12.2. The Balaban J connectivity index is 1.57. The van der Waals surface area contributed by atoms with E-state index < -0.39 is 50.6 Å². The highest BCUT2D eigenvalue weighted by Crippen LogP contribution is 2.32. The lowest BCUT2D eigenvalue weighted by Gasteiger charge is -2.34. The van der Waals surface area contributed by atoms with E-state index in [0.29, 0.717) is 30.0 Å². The van der Waals surface area contributed by atoms with Gasteiger partial charge in [0.05, 0.1) is 10.5 Å². The summed E-state index contributed by atoms with van der Waals surface area (Å²) in [5.74, 6) is -1.66. The van der Waals surface area contributed by atoms with E-state index in [2.05, 4.69) is 5.32 Å². The monoisotopic (exact) mass is 616 g/mol. The number of Topliss-reactive ketones (excluding diaryl/α,β-unsaturated/α-hetero) is 1. The number of nitrogens with one attached hydrogen (secondary N) is 1. The molecule has 1 aliphatic rings. The van der Waals surface area contributed by atoms with Crippen LogP contribution in [0.4, 0.5) is 13.2 Å². The fourth-order valence-electron chi connectivity index (χ4n) is 4.82. The molecule has 0 aliphatic carbocycles. The van der Waals surface area contributed by atoms with Gasteiger partial charge in [-0.2, -0.15) is 17.5 Å². The van der Waals surface area contributed by atoms with E-state index in [1.165, 1.54) is 6.92 Å². The number of nitrogens with zero attached hydrogens (tertiary/aromatic N) is 1. The first-order valence-electron chi connectivity index (χ1n) is 13.7. The van der Waals surface area contributed by atoms with E-state index in [1.54, 1.807) is 48.5 Å². The van der Waals surface area contributed by atoms with Crippen LogP contribution in [-0.2, 0) is 43.6 Å². The molecule has 1 amide bonds. The van der Waals surface area contributed by atoms with Crippen molar-refractivity contribution in [2.45, 2.75) is 62.4 Å². The molecule has 3 aromatic carbocycles. The molecule has 0 unspecified atom stereocenters. The summed E-state index contributed by atoms with van der Waals surface area (Å²) in [5, 5.41) is 2.63. The van der Waals surface area contributed by atoms with Crippen molar-refractivity contribution in [2.24, 2.45) is 0 Å². The Morgan fingerprint density at radius 2 is 1.65 bits per heavy atom. The van der Waals surface area contributed by atoms with Crippen LogP contribution in [0.5, 0.6) is 0 Å². The molecule has 1 N–H and O–H groups in total. The van der Waals surface area contributed by atoms with Gasteiger partial charge in [-0.15, -0.1) is 0 Å². The molecule has 3 aromatic rings. The fraction of sp³-hybridized carbons (Fsp3) is 0.323. The Hall–Kier alpha value is -4.03. The second kappa shape index (κ2) is 13.5. The summed E-state index contributed by atoms with van der Waals surface area (Å²) in [4.78, 5) is 37.9. The zero-order chi connectivity index (χ0) is 31.2. The lowest BCUT2D eigenvalue weighted by molar-refractivity contribution is -0.149. The number of piperidine rings is 1. The number of hydrogen-bond acceptors (Lipinski definition) is 6. The summed E-state index contributed by atoms with van der Waals surface area (Å²) in [6.07, 6.45) is -3.73. The lowest BCUT2D eigenvalue weighted by atomic mass is 10.0. The van der Waals surface area contributed by atoms with E-state index in [1.807, 2.05) is 6.07 Å². The zero-order valence-electron chi connectivity index (χ0n) is 23.3. The van der Waals surface area contributed by atoms with Crippen molar-refractivity contribution in [1.82, 2.24) is 9.62 Å². The number of rotatable bonds is 10. The Morgan fingerprint density at radius 1 is 0.953 bits per heavy atom. The number of carbonyl (C=O) groups is 3. The summed E-state index contributed by atoms with van der Waals surface area (Å²) in [6, 6.07) is 16.3. The molecule has 1 aliphatic heterocycles. The topological polar surface area (TPSA) is 110 Å². The van der Waals surface area contributed by atoms with Crippen molar-refractivity contribution in [1.29, 1.82) is 0 Å². The number of sulfonamides is 1. The molecule has 0 saturated carbocycles. The molecule has 2 atom stereocenters. The van der Waals surface area contributed by atoms with Gasteiger partial charge in [-0.3, -0.25) is 9.59 Å². The predicted molar refractivity (Wildman–Crippen MR) is 151 cm³/mol. The number of alkyl halides is 3. The molecule has 8 nitrogen and oxygen atoms in total. The summed E-state index contributed by atoms with van der Waals surface area (Å²) in [5.41, 5.74) is 0.679. The van der Waals surface area contributed by atoms with Crippen molar-refractivity contribution in [3.05, 3.63) is 101 Å². The van der Waals surface area contributed by atoms with Gasteiger partial charge in [-0.1, -0.05) is 67.1 Å². The van der Waals surface area contributed by atoms with Crippen LogP contribution in [0.1, 0.15) is 53.2 Å². The van der Waals surface area contributed by atoms with Gasteiger partial charge in [0.15, 0.2) is 5.78 Å². The van der Waals surface area contributed by atoms with Crippen LogP contribution < -0.4 is 5.32 Å². The molecule has 0 spiro atoms. The smallest absolute Gasteiger partial charge is 0.416 e. The number of halogens is 3. The number of ether oxygens (including phenoxy) is 1. The fourth-order valence-corrected chi connectivity index (χ4v) is 6.53. The lowest BCUT2D eigenvalue weighted by Crippen LogP contribution is -2.55. The molecule has 0 bridgehead atoms. The molecule has 43 heavy (non-hydrogen) atoms. The Labute approximate surface area is 247 Å². The summed E-state index contributed by atoms with van der Waals surface area (Å²) < 4.78 is 73.3. The van der Waals surface area contributed by atoms with Crippen molar-refractivity contribution in [3.8, 4) is 0 Å². The minimum Gasteiger partial charge on any atom is -0.459 e. The molecule has 12 heteroatoms. The van der Waals surface area contributed by atoms with E-state index in [9.17, 15) is 36.0 Å². The molecule has 0 radical (unpaired) electrons. The first kappa shape index (κ1) is 31.9. The largest absolute Gasteiger partial charge is 0.459 e. The molecular formula is C31H31F3N2O6S. The molecule has 1 heterocycles. The predicted octanol–water partition coefficient (Wildman–Crippen LogP) is 4.92. The summed E-state index contributed by atoms with van der Waals surface area (Å²) in [6.45, 7) is 1.28. The van der Waals surface area contributed by atoms with Crippen LogP contribution in [0.3, 0.4) is 0 Å². The Bertz CT molecular complexity index is 1560. The van der Waals surface area contributed by atoms with Gasteiger partial charge in [0.1, 0.15) is 18.7 Å². The number of hydrogen-bond donors (Lipinski definition) is 1. The normalized spacial score (nSPS) is 16.7. The van der Waals surface area contributed by atoms with Crippen molar-refractivity contribution < 1.29 is 40.7 Å². The number of benzene rings is 3. The van der Waals surface area contributed by atoms with Crippen LogP contribution >= 0.6 is 0 Å². The maximum absolute atomic E-state index is 13.6. The second-order valence-electron chi connectivity index (χ2n) is 10.3. The first-order chi connectivity index (χ1) is 20.4. The minimum absolute atomic E-state index is 0.00928. The van der Waals surface area contributed by atoms with Gasteiger partial charge in [-0.25, -0.2) is 13.2 Å². The van der Waals surface area contributed by atoms with E-state index in [4.69, 9.17) is 4.74 Å². The average Bonchev–Trinajstić information content (AvgIpc) is 3.00. The van der Waals surface area contributed by atoms with Crippen LogP contribution in [0.25, 0.3) is 0 Å². The number of ketones is 1. The number of carbonyl (C=O) groups excluding carboxylic acids is 3. The zero-order valence-corrected chi connectivity index (χ0v) is 24.2. The summed E-state index contributed by atoms with van der Waals surface area (Å²) in [7, 11) is -4.49. The third kappa shape index (κ3) is 8.08. The van der Waals surface area contributed by atoms with Crippen LogP contribution in [0, 0.1) is 0 Å². The third-order valence-electron chi connectivity index (χ3n) is 7.15. The van der Waals surface area contributed by atoms with Gasteiger partial charge in [0.2, 0.25) is 15.9 Å². The Kier molecular flexibility index (Phi) is 10.0. The number of amides is 1. The maximum Gasteiger partial charge on any atom is 0.416 e. The average molecular weight is 617 g/mol. The van der Waals surface area contributed by atoms with E-state index in [0.717, 1.165) is 28.1 Å². The van der Waals surface area contributed by atoms with Gasteiger partial charge in [0.25, 0.3) is 0 Å². The van der Waals surface area contributed by atoms with Gasteiger partial charge >= 0.3 is 12.1 Å². The molecular weight excluding hydrogens is 585 g/mol. The number of esters is 1. The Morgan fingerprint density at radius 3 is 2.30 bits per heavy atom. The van der Waals surface area contributed by atoms with E-state index in [-0.39, 0.29) is 31.8 Å². The van der Waals surface area contributed by atoms with Gasteiger partial charge in [0, 0.05) is 18.5 Å². The third-order valence-corrected chi connectivity index (χ3v) is 9.05. The standard InChI is InChI=1S/C31H31F3N2O6S/c1-21(37)24-15-13-22(14-16-24)18-27(30(39)42-20-23-8-3-2-4-9-23)35-29(38)28-12-5-6-17-36(28)43(40,41)26-11-7-10-25(19-26)31(32,33)34/h2-4,7-11,13-16,19,27-28H,5-6,12,17-18,20H2,1H3,(H,35,38)/t27-,28-/m0/s1. The van der Waals surface area contributed by atoms with Crippen molar-refractivity contribution in [3.63, 3.8) is 0 Å². The van der Waals surface area contributed by atoms with E-state index >= 15 is 0 Å². The minimum atomic E-state index is -4.75. The highest BCUT2D eigenvalue weighted by molar-refractivity contribution is 7.89. The molecule has 228 valence electrons. The quantitative estimate of drug-likeness (QED) is 0.256. The van der Waals surface area contributed by atoms with Gasteiger partial charge < -0.3 is 10.1 Å². The molecule has 4 rings (SSSR count). The molecule has 0 aromatic heterocycles. The molecule has 1 fully saturated rings. The van der Waals surface area contributed by atoms with Crippen molar-refractivity contribution in [2.75, 3.05) is 6.54 Å². The maximum atomic E-state index is 13.6. The van der Waals surface area contributed by atoms with Crippen LogP contribution in [0.2, 0.25) is 0 Å². The highest BCUT2D eigenvalue weighted by atomic mass is 32.2. The first-order valence-corrected chi connectivity index (χ1v) is 15.1. The highest BCUT2D eigenvalue weighted by Gasteiger charge is 2.40.